The van der Waals surface area contributed by atoms with Gasteiger partial charge in [0.05, 0.1) is 18.7 Å². The highest BCUT2D eigenvalue weighted by Gasteiger charge is 2.10. The van der Waals surface area contributed by atoms with Gasteiger partial charge in [-0.3, -0.25) is 4.79 Å². The van der Waals surface area contributed by atoms with Crippen LogP contribution in [0.1, 0.15) is 6.92 Å². The van der Waals surface area contributed by atoms with E-state index in [4.69, 9.17) is 26.3 Å². The number of ether oxygens (including phenoxy) is 2. The molecule has 0 aliphatic rings. The number of alkyl carbamates (subject to hydrolysis) is 1. The van der Waals surface area contributed by atoms with Crippen LogP contribution in [0.15, 0.2) is 30.0 Å². The molecule has 0 saturated carbocycles. The van der Waals surface area contributed by atoms with Gasteiger partial charge < -0.3 is 25.4 Å². The number of methoxy groups -OCH3 is 1. The van der Waals surface area contributed by atoms with Crippen molar-refractivity contribution in [2.45, 2.75) is 6.92 Å². The molecule has 0 aliphatic carbocycles. The van der Waals surface area contributed by atoms with Gasteiger partial charge in [-0.1, -0.05) is 11.6 Å². The summed E-state index contributed by atoms with van der Waals surface area (Å²) in [7, 11) is 1.48. The van der Waals surface area contributed by atoms with Crippen molar-refractivity contribution in [1.82, 2.24) is 10.6 Å². The van der Waals surface area contributed by atoms with Crippen LogP contribution < -0.4 is 20.7 Å². The number of hydrogen-bond acceptors (Lipinski definition) is 6. The number of hydrogen-bond donors (Lipinski definition) is 3. The van der Waals surface area contributed by atoms with E-state index in [0.717, 1.165) is 0 Å². The van der Waals surface area contributed by atoms with Crippen LogP contribution in [0.3, 0.4) is 0 Å². The third kappa shape index (κ3) is 7.01. The van der Waals surface area contributed by atoms with Gasteiger partial charge in [0.15, 0.2) is 0 Å². The van der Waals surface area contributed by atoms with E-state index in [9.17, 15) is 9.59 Å². The second-order valence-electron chi connectivity index (χ2n) is 4.57. The van der Waals surface area contributed by atoms with Crippen molar-refractivity contribution in [2.24, 2.45) is 0 Å². The van der Waals surface area contributed by atoms with Gasteiger partial charge in [0.25, 0.3) is 5.91 Å². The van der Waals surface area contributed by atoms with Crippen LogP contribution >= 0.6 is 11.6 Å². The van der Waals surface area contributed by atoms with Crippen molar-refractivity contribution in [3.8, 4) is 11.8 Å². The molecule has 0 saturated heterocycles. The van der Waals surface area contributed by atoms with E-state index >= 15 is 0 Å². The summed E-state index contributed by atoms with van der Waals surface area (Å²) in [5.74, 6) is -0.110. The lowest BCUT2D eigenvalue weighted by atomic mass is 10.2. The Hall–Kier alpha value is -2.92. The number of benzene rings is 1. The molecule has 1 rings (SSSR count). The highest BCUT2D eigenvalue weighted by atomic mass is 35.5. The van der Waals surface area contributed by atoms with Gasteiger partial charge in [-0.15, -0.1) is 0 Å². The van der Waals surface area contributed by atoms with Crippen LogP contribution in [0.4, 0.5) is 10.5 Å². The Morgan fingerprint density at radius 1 is 1.36 bits per heavy atom. The quantitative estimate of drug-likeness (QED) is 0.368. The molecular formula is C16H19ClN4O4. The first-order valence-corrected chi connectivity index (χ1v) is 7.78. The highest BCUT2D eigenvalue weighted by molar-refractivity contribution is 6.32. The van der Waals surface area contributed by atoms with Crippen molar-refractivity contribution in [2.75, 3.05) is 32.1 Å². The Kier molecular flexibility index (Phi) is 8.68. The zero-order valence-electron chi connectivity index (χ0n) is 13.9. The normalized spacial score (nSPS) is 10.4. The molecular weight excluding hydrogens is 348 g/mol. The summed E-state index contributed by atoms with van der Waals surface area (Å²) < 4.78 is 9.72. The predicted octanol–water partition coefficient (Wildman–Crippen LogP) is 2.03. The number of anilines is 1. The van der Waals surface area contributed by atoms with E-state index in [1.54, 1.807) is 25.1 Å². The van der Waals surface area contributed by atoms with E-state index in [-0.39, 0.29) is 18.7 Å². The number of rotatable bonds is 8. The van der Waals surface area contributed by atoms with Crippen LogP contribution in [0, 0.1) is 11.3 Å². The Morgan fingerprint density at radius 3 is 2.72 bits per heavy atom. The largest absolute Gasteiger partial charge is 0.495 e. The number of nitrogens with one attached hydrogen (secondary N) is 3. The molecule has 0 aliphatic heterocycles. The first-order valence-electron chi connectivity index (χ1n) is 7.41. The molecule has 8 nitrogen and oxygen atoms in total. The lowest BCUT2D eigenvalue weighted by Crippen LogP contribution is -2.31. The second-order valence-corrected chi connectivity index (χ2v) is 4.98. The number of amides is 2. The predicted molar refractivity (Wildman–Crippen MR) is 93.4 cm³/mol. The van der Waals surface area contributed by atoms with Crippen LogP contribution in [-0.4, -0.2) is 38.8 Å². The molecule has 0 radical (unpaired) electrons. The summed E-state index contributed by atoms with van der Waals surface area (Å²) >= 11 is 5.98. The smallest absolute Gasteiger partial charge is 0.407 e. The van der Waals surface area contributed by atoms with Gasteiger partial charge in [0, 0.05) is 25.0 Å². The Balaban J connectivity index is 2.52. The molecule has 0 bridgehead atoms. The van der Waals surface area contributed by atoms with Gasteiger partial charge in [0.1, 0.15) is 17.4 Å². The third-order valence-electron chi connectivity index (χ3n) is 2.84. The van der Waals surface area contributed by atoms with Crippen molar-refractivity contribution in [1.29, 1.82) is 5.26 Å². The number of halogens is 1. The second kappa shape index (κ2) is 10.8. The molecule has 0 unspecified atom stereocenters. The van der Waals surface area contributed by atoms with E-state index in [1.165, 1.54) is 19.4 Å². The van der Waals surface area contributed by atoms with E-state index < -0.39 is 12.0 Å². The SMILES string of the molecule is CCOC(=O)NCCN/C=C(/C#N)C(=O)Nc1ccc(OC)c(Cl)c1. The van der Waals surface area contributed by atoms with Crippen molar-refractivity contribution in [3.05, 3.63) is 35.0 Å². The number of nitriles is 1. The summed E-state index contributed by atoms with van der Waals surface area (Å²) in [6.45, 7) is 2.59. The average Bonchev–Trinajstić information content (AvgIpc) is 2.58. The summed E-state index contributed by atoms with van der Waals surface area (Å²) in [4.78, 5) is 23.1. The van der Waals surface area contributed by atoms with Crippen molar-refractivity contribution >= 4 is 29.3 Å². The standard InChI is InChI=1S/C16H19ClN4O4/c1-3-25-16(23)20-7-6-19-10-11(9-18)15(22)21-12-4-5-14(24-2)13(17)8-12/h4-5,8,10,19H,3,6-7H2,1-2H3,(H,20,23)(H,21,22)/b11-10-. The third-order valence-corrected chi connectivity index (χ3v) is 3.13. The molecule has 1 aromatic rings. The lowest BCUT2D eigenvalue weighted by Gasteiger charge is -2.08. The molecule has 3 N–H and O–H groups in total. The van der Waals surface area contributed by atoms with Gasteiger partial charge in [0.2, 0.25) is 0 Å². The minimum absolute atomic E-state index is 0.122. The number of carbonyl (C=O) groups excluding carboxylic acids is 2. The first-order chi connectivity index (χ1) is 12.0. The maximum Gasteiger partial charge on any atom is 0.407 e. The maximum atomic E-state index is 12.1. The van der Waals surface area contributed by atoms with E-state index in [1.807, 2.05) is 0 Å². The molecule has 1 aromatic carbocycles. The molecule has 25 heavy (non-hydrogen) atoms. The van der Waals surface area contributed by atoms with Crippen molar-refractivity contribution in [3.63, 3.8) is 0 Å². The van der Waals surface area contributed by atoms with Crippen molar-refractivity contribution < 1.29 is 19.1 Å². The molecule has 0 heterocycles. The molecule has 0 spiro atoms. The number of nitrogens with zero attached hydrogens (tertiary/aromatic N) is 1. The fourth-order valence-electron chi connectivity index (χ4n) is 1.68. The highest BCUT2D eigenvalue weighted by Crippen LogP contribution is 2.27. The van der Waals surface area contributed by atoms with Gasteiger partial charge in [-0.2, -0.15) is 5.26 Å². The van der Waals surface area contributed by atoms with Crippen LogP contribution in [-0.2, 0) is 9.53 Å². The minimum Gasteiger partial charge on any atom is -0.495 e. The molecule has 2 amide bonds. The monoisotopic (exact) mass is 366 g/mol. The molecule has 134 valence electrons. The Bertz CT molecular complexity index is 685. The lowest BCUT2D eigenvalue weighted by molar-refractivity contribution is -0.112. The number of carbonyl (C=O) groups is 2. The topological polar surface area (TPSA) is 112 Å². The molecule has 0 fully saturated rings. The van der Waals surface area contributed by atoms with Gasteiger partial charge in [-0.05, 0) is 25.1 Å². The zero-order valence-corrected chi connectivity index (χ0v) is 14.6. The van der Waals surface area contributed by atoms with E-state index in [2.05, 4.69) is 16.0 Å². The Labute approximate surface area is 150 Å². The zero-order chi connectivity index (χ0) is 18.7. The fourth-order valence-corrected chi connectivity index (χ4v) is 1.94. The summed E-state index contributed by atoms with van der Waals surface area (Å²) in [5.41, 5.74) is 0.309. The minimum atomic E-state index is -0.588. The van der Waals surface area contributed by atoms with E-state index in [0.29, 0.717) is 23.0 Å². The summed E-state index contributed by atoms with van der Waals surface area (Å²) in [6.07, 6.45) is 0.746. The Morgan fingerprint density at radius 2 is 2.12 bits per heavy atom. The van der Waals surface area contributed by atoms with Gasteiger partial charge in [-0.25, -0.2) is 4.79 Å². The maximum absolute atomic E-state index is 12.1. The molecule has 0 atom stereocenters. The van der Waals surface area contributed by atoms with Crippen LogP contribution in [0.25, 0.3) is 0 Å². The first kappa shape index (κ1) is 20.1. The molecule has 0 aromatic heterocycles. The summed E-state index contributed by atoms with van der Waals surface area (Å²) in [6, 6.07) is 6.52. The molecule has 9 heteroatoms. The van der Waals surface area contributed by atoms with Gasteiger partial charge >= 0.3 is 6.09 Å². The van der Waals surface area contributed by atoms with Crippen LogP contribution in [0.2, 0.25) is 5.02 Å². The fraction of sp³-hybridized carbons (Fsp3) is 0.312. The average molecular weight is 367 g/mol. The summed E-state index contributed by atoms with van der Waals surface area (Å²) in [5, 5.41) is 17.2. The van der Waals surface area contributed by atoms with Crippen LogP contribution in [0.5, 0.6) is 5.75 Å².